The van der Waals surface area contributed by atoms with Crippen LogP contribution in [0.15, 0.2) is 18.5 Å². The number of hydrogen-bond acceptors (Lipinski definition) is 5. The number of aryl methyl sites for hydroxylation is 3. The molecule has 2 heterocycles. The van der Waals surface area contributed by atoms with Crippen molar-refractivity contribution in [1.29, 1.82) is 0 Å². The molecular formula is C14H17N5S. The van der Waals surface area contributed by atoms with Crippen molar-refractivity contribution in [3.8, 4) is 0 Å². The fourth-order valence-electron chi connectivity index (χ4n) is 1.96. The first-order valence-corrected chi connectivity index (χ1v) is 6.67. The lowest BCUT2D eigenvalue weighted by molar-refractivity contribution is 0.971. The second-order valence-electron chi connectivity index (χ2n) is 4.67. The Morgan fingerprint density at radius 1 is 1.20 bits per heavy atom. The van der Waals surface area contributed by atoms with E-state index in [0.29, 0.717) is 17.4 Å². The highest BCUT2D eigenvalue weighted by molar-refractivity contribution is 7.80. The van der Waals surface area contributed by atoms with E-state index in [4.69, 9.17) is 18.0 Å². The zero-order chi connectivity index (χ0) is 14.7. The fraction of sp³-hybridized carbons (Fsp3) is 0.286. The van der Waals surface area contributed by atoms with Crippen LogP contribution in [0.2, 0.25) is 0 Å². The molecule has 20 heavy (non-hydrogen) atoms. The van der Waals surface area contributed by atoms with Gasteiger partial charge in [0.15, 0.2) is 0 Å². The minimum Gasteiger partial charge on any atom is -0.389 e. The van der Waals surface area contributed by atoms with Gasteiger partial charge >= 0.3 is 0 Å². The molecule has 0 aliphatic carbocycles. The maximum atomic E-state index is 5.78. The number of thiocarbonyl (C=S) groups is 1. The molecule has 0 unspecified atom stereocenters. The molecule has 0 spiro atoms. The van der Waals surface area contributed by atoms with Crippen molar-refractivity contribution in [2.24, 2.45) is 5.73 Å². The molecule has 2 rings (SSSR count). The van der Waals surface area contributed by atoms with Crippen LogP contribution in [0.5, 0.6) is 0 Å². The highest BCUT2D eigenvalue weighted by Crippen LogP contribution is 2.19. The molecule has 0 fully saturated rings. The van der Waals surface area contributed by atoms with Crippen molar-refractivity contribution >= 4 is 23.0 Å². The van der Waals surface area contributed by atoms with Crippen molar-refractivity contribution < 1.29 is 0 Å². The van der Waals surface area contributed by atoms with Gasteiger partial charge < -0.3 is 11.1 Å². The maximum absolute atomic E-state index is 5.78. The van der Waals surface area contributed by atoms with E-state index in [2.05, 4.69) is 20.3 Å². The number of pyridine rings is 1. The van der Waals surface area contributed by atoms with Crippen molar-refractivity contribution in [1.82, 2.24) is 15.0 Å². The molecule has 0 aliphatic heterocycles. The van der Waals surface area contributed by atoms with Gasteiger partial charge in [-0.25, -0.2) is 4.98 Å². The van der Waals surface area contributed by atoms with E-state index >= 15 is 0 Å². The topological polar surface area (TPSA) is 76.7 Å². The standard InChI is InChI=1S/C14H17N5S/c1-8-4-9(2)19-14(12(8)13(15)20)18-7-11-6-16-10(3)5-17-11/h4-6H,7H2,1-3H3,(H2,15,20)(H,18,19). The summed E-state index contributed by atoms with van der Waals surface area (Å²) in [6.45, 7) is 6.34. The van der Waals surface area contributed by atoms with Crippen LogP contribution in [0.3, 0.4) is 0 Å². The van der Waals surface area contributed by atoms with E-state index < -0.39 is 0 Å². The summed E-state index contributed by atoms with van der Waals surface area (Å²) in [5, 5.41) is 3.23. The Bertz CT molecular complexity index is 637. The smallest absolute Gasteiger partial charge is 0.137 e. The third kappa shape index (κ3) is 3.27. The zero-order valence-electron chi connectivity index (χ0n) is 11.8. The van der Waals surface area contributed by atoms with Gasteiger partial charge in [0.25, 0.3) is 0 Å². The number of hydrogen-bond donors (Lipinski definition) is 2. The van der Waals surface area contributed by atoms with Gasteiger partial charge in [-0.15, -0.1) is 0 Å². The van der Waals surface area contributed by atoms with E-state index in [1.807, 2.05) is 26.8 Å². The Balaban J connectivity index is 2.24. The first-order chi connectivity index (χ1) is 9.47. The number of nitrogens with two attached hydrogens (primary N) is 1. The van der Waals surface area contributed by atoms with E-state index in [-0.39, 0.29) is 0 Å². The Labute approximate surface area is 123 Å². The second-order valence-corrected chi connectivity index (χ2v) is 5.11. The Morgan fingerprint density at radius 3 is 2.55 bits per heavy atom. The van der Waals surface area contributed by atoms with Crippen LogP contribution in [0.25, 0.3) is 0 Å². The van der Waals surface area contributed by atoms with Crippen LogP contribution in [-0.4, -0.2) is 19.9 Å². The summed E-state index contributed by atoms with van der Waals surface area (Å²) < 4.78 is 0. The molecule has 2 aromatic rings. The van der Waals surface area contributed by atoms with E-state index in [1.54, 1.807) is 12.4 Å². The van der Waals surface area contributed by atoms with Crippen LogP contribution < -0.4 is 11.1 Å². The number of nitrogens with zero attached hydrogens (tertiary/aromatic N) is 3. The van der Waals surface area contributed by atoms with Gasteiger partial charge in [0, 0.05) is 11.9 Å². The van der Waals surface area contributed by atoms with Gasteiger partial charge in [-0.2, -0.15) is 0 Å². The summed E-state index contributed by atoms with van der Waals surface area (Å²) in [5.41, 5.74) is 10.2. The van der Waals surface area contributed by atoms with Gasteiger partial charge in [-0.05, 0) is 32.4 Å². The summed E-state index contributed by atoms with van der Waals surface area (Å²) in [7, 11) is 0. The lowest BCUT2D eigenvalue weighted by Gasteiger charge is -2.13. The molecule has 104 valence electrons. The number of aromatic nitrogens is 3. The zero-order valence-corrected chi connectivity index (χ0v) is 12.6. The number of rotatable bonds is 4. The molecular weight excluding hydrogens is 270 g/mol. The van der Waals surface area contributed by atoms with Crippen molar-refractivity contribution in [3.63, 3.8) is 0 Å². The Hall–Kier alpha value is -2.08. The molecule has 0 radical (unpaired) electrons. The third-order valence-corrected chi connectivity index (χ3v) is 3.07. The lowest BCUT2D eigenvalue weighted by Crippen LogP contribution is -2.17. The van der Waals surface area contributed by atoms with Gasteiger partial charge in [-0.1, -0.05) is 12.2 Å². The Morgan fingerprint density at radius 2 is 1.95 bits per heavy atom. The summed E-state index contributed by atoms with van der Waals surface area (Å²) in [6, 6.07) is 1.96. The molecule has 0 bridgehead atoms. The number of nitrogens with one attached hydrogen (secondary N) is 1. The number of anilines is 1. The van der Waals surface area contributed by atoms with Crippen molar-refractivity contribution in [2.45, 2.75) is 27.3 Å². The van der Waals surface area contributed by atoms with Crippen LogP contribution >= 0.6 is 12.2 Å². The lowest BCUT2D eigenvalue weighted by atomic mass is 10.1. The average Bonchev–Trinajstić information content (AvgIpc) is 2.36. The summed E-state index contributed by atoms with van der Waals surface area (Å²) in [4.78, 5) is 13.3. The summed E-state index contributed by atoms with van der Waals surface area (Å²) >= 11 is 5.10. The highest BCUT2D eigenvalue weighted by Gasteiger charge is 2.11. The maximum Gasteiger partial charge on any atom is 0.137 e. The largest absolute Gasteiger partial charge is 0.389 e. The monoisotopic (exact) mass is 287 g/mol. The van der Waals surface area contributed by atoms with Crippen molar-refractivity contribution in [2.75, 3.05) is 5.32 Å². The third-order valence-electron chi connectivity index (χ3n) is 2.86. The normalized spacial score (nSPS) is 10.3. The molecule has 0 aliphatic rings. The molecule has 6 heteroatoms. The summed E-state index contributed by atoms with van der Waals surface area (Å²) in [5.74, 6) is 0.692. The van der Waals surface area contributed by atoms with E-state index in [0.717, 1.165) is 28.2 Å². The van der Waals surface area contributed by atoms with Crippen molar-refractivity contribution in [3.05, 3.63) is 46.7 Å². The minimum absolute atomic E-state index is 0.340. The summed E-state index contributed by atoms with van der Waals surface area (Å²) in [6.07, 6.45) is 3.48. The first-order valence-electron chi connectivity index (χ1n) is 6.27. The van der Waals surface area contributed by atoms with Crippen LogP contribution in [0.1, 0.15) is 28.2 Å². The van der Waals surface area contributed by atoms with Crippen LogP contribution in [0.4, 0.5) is 5.82 Å². The molecule has 0 saturated carbocycles. The van der Waals surface area contributed by atoms with Crippen LogP contribution in [0, 0.1) is 20.8 Å². The predicted octanol–water partition coefficient (Wildman–Crippen LogP) is 2.04. The second kappa shape index (κ2) is 5.92. The van der Waals surface area contributed by atoms with Gasteiger partial charge in [0.05, 0.1) is 29.7 Å². The van der Waals surface area contributed by atoms with E-state index in [1.165, 1.54) is 0 Å². The SMILES string of the molecule is Cc1cnc(CNc2nc(C)cc(C)c2C(N)=S)cn1. The highest BCUT2D eigenvalue weighted by atomic mass is 32.1. The molecule has 0 saturated heterocycles. The van der Waals surface area contributed by atoms with Gasteiger partial charge in [-0.3, -0.25) is 9.97 Å². The van der Waals surface area contributed by atoms with E-state index in [9.17, 15) is 0 Å². The molecule has 2 aromatic heterocycles. The van der Waals surface area contributed by atoms with Crippen LogP contribution in [-0.2, 0) is 6.54 Å². The average molecular weight is 287 g/mol. The molecule has 3 N–H and O–H groups in total. The predicted molar refractivity (Wildman–Crippen MR) is 83.7 cm³/mol. The Kier molecular flexibility index (Phi) is 4.24. The first kappa shape index (κ1) is 14.3. The molecule has 0 amide bonds. The minimum atomic E-state index is 0.340. The molecule has 0 aromatic carbocycles. The molecule has 0 atom stereocenters. The van der Waals surface area contributed by atoms with Gasteiger partial charge in [0.2, 0.25) is 0 Å². The quantitative estimate of drug-likeness (QED) is 0.838. The molecule has 5 nitrogen and oxygen atoms in total. The van der Waals surface area contributed by atoms with Gasteiger partial charge in [0.1, 0.15) is 10.8 Å². The fourth-order valence-corrected chi connectivity index (χ4v) is 2.22.